The molecule has 0 bridgehead atoms. The first kappa shape index (κ1) is 12.1. The molecule has 3 nitrogen and oxygen atoms in total. The molecule has 0 saturated carbocycles. The van der Waals surface area contributed by atoms with Gasteiger partial charge in [-0.05, 0) is 13.0 Å². The largest absolute Gasteiger partial charge is 0.359 e. The maximum absolute atomic E-state index is 9.70. The zero-order chi connectivity index (χ0) is 8.41. The number of hydrogen-bond acceptors (Lipinski definition) is 2. The fraction of sp³-hybridized carbons (Fsp3) is 0.857. The molecule has 0 aliphatic rings. The van der Waals surface area contributed by atoms with E-state index in [2.05, 4.69) is 12.2 Å². The van der Waals surface area contributed by atoms with Crippen molar-refractivity contribution in [3.05, 3.63) is 0 Å². The van der Waals surface area contributed by atoms with E-state index in [-0.39, 0.29) is 5.91 Å². The Morgan fingerprint density at radius 3 is 2.00 bits per heavy atom. The molecule has 10 heavy (non-hydrogen) atoms. The molecule has 0 aromatic carbocycles. The Morgan fingerprint density at radius 2 is 2.00 bits per heavy atom. The van der Waals surface area contributed by atoms with E-state index in [1.54, 1.807) is 7.05 Å². The van der Waals surface area contributed by atoms with Gasteiger partial charge in [0.05, 0.1) is 0 Å². The molecular weight excluding hydrogens is 128 g/mol. The number of hydrogen-bond donors (Lipinski definition) is 2. The van der Waals surface area contributed by atoms with Crippen molar-refractivity contribution in [1.29, 1.82) is 0 Å². The van der Waals surface area contributed by atoms with Gasteiger partial charge in [-0.2, -0.15) is 0 Å². The Kier molecular flexibility index (Phi) is 13.7. The molecule has 0 spiro atoms. The average Bonchev–Trinajstić information content (AvgIpc) is 1.91. The van der Waals surface area contributed by atoms with Gasteiger partial charge in [0.2, 0.25) is 5.91 Å². The quantitative estimate of drug-likeness (QED) is 0.596. The van der Waals surface area contributed by atoms with E-state index in [0.29, 0.717) is 0 Å². The molecule has 0 aromatic rings. The van der Waals surface area contributed by atoms with Crippen LogP contribution in [-0.4, -0.2) is 19.5 Å². The summed E-state index contributed by atoms with van der Waals surface area (Å²) in [6, 6.07) is 0. The zero-order valence-electron chi connectivity index (χ0n) is 7.11. The summed E-state index contributed by atoms with van der Waals surface area (Å²) in [7, 11) is 1.60. The standard InChI is InChI=1S/C4H11N.C3H7NO/c1-2-3-4-5;1-3(5)4-2/h2-5H2,1H3;1-2H3,(H,4,5). The van der Waals surface area contributed by atoms with E-state index in [0.717, 1.165) is 6.54 Å². The van der Waals surface area contributed by atoms with Crippen molar-refractivity contribution in [2.24, 2.45) is 5.73 Å². The lowest BCUT2D eigenvalue weighted by Gasteiger charge is -1.80. The lowest BCUT2D eigenvalue weighted by Crippen LogP contribution is -2.11. The summed E-state index contributed by atoms with van der Waals surface area (Å²) >= 11 is 0. The predicted octanol–water partition coefficient (Wildman–Crippen LogP) is 0.497. The number of rotatable bonds is 2. The molecule has 0 radical (unpaired) electrons. The van der Waals surface area contributed by atoms with Gasteiger partial charge in [-0.25, -0.2) is 0 Å². The molecule has 0 atom stereocenters. The van der Waals surface area contributed by atoms with Crippen molar-refractivity contribution >= 4 is 5.91 Å². The van der Waals surface area contributed by atoms with Crippen LogP contribution in [0, 0.1) is 0 Å². The van der Waals surface area contributed by atoms with Crippen molar-refractivity contribution in [2.45, 2.75) is 26.7 Å². The van der Waals surface area contributed by atoms with Gasteiger partial charge >= 0.3 is 0 Å². The molecule has 1 amide bonds. The second-order valence-corrected chi connectivity index (χ2v) is 1.95. The minimum Gasteiger partial charge on any atom is -0.359 e. The summed E-state index contributed by atoms with van der Waals surface area (Å²) < 4.78 is 0. The van der Waals surface area contributed by atoms with Crippen LogP contribution in [-0.2, 0) is 4.79 Å². The highest BCUT2D eigenvalue weighted by Gasteiger charge is 1.72. The van der Waals surface area contributed by atoms with Gasteiger partial charge in [-0.15, -0.1) is 0 Å². The maximum Gasteiger partial charge on any atom is 0.216 e. The number of carbonyl (C=O) groups excluding carboxylic acids is 1. The first-order valence-electron chi connectivity index (χ1n) is 3.57. The molecule has 3 N–H and O–H groups in total. The van der Waals surface area contributed by atoms with Crippen molar-refractivity contribution < 1.29 is 4.79 Å². The summed E-state index contributed by atoms with van der Waals surface area (Å²) in [5, 5.41) is 2.39. The number of nitrogens with two attached hydrogens (primary N) is 1. The second kappa shape index (κ2) is 11.3. The summed E-state index contributed by atoms with van der Waals surface area (Å²) in [6.45, 7) is 4.45. The fourth-order valence-corrected chi connectivity index (χ4v) is 0.204. The average molecular weight is 146 g/mol. The molecule has 0 rings (SSSR count). The lowest BCUT2D eigenvalue weighted by atomic mass is 10.3. The summed E-state index contributed by atoms with van der Waals surface area (Å²) in [5.41, 5.74) is 5.14. The molecule has 0 unspecified atom stereocenters. The summed E-state index contributed by atoms with van der Waals surface area (Å²) in [6.07, 6.45) is 2.39. The van der Waals surface area contributed by atoms with E-state index in [9.17, 15) is 4.79 Å². The van der Waals surface area contributed by atoms with Crippen LogP contribution in [0.25, 0.3) is 0 Å². The molecule has 0 aliphatic carbocycles. The van der Waals surface area contributed by atoms with Gasteiger partial charge in [0.15, 0.2) is 0 Å². The van der Waals surface area contributed by atoms with Crippen LogP contribution in [0.1, 0.15) is 26.7 Å². The highest BCUT2D eigenvalue weighted by molar-refractivity contribution is 5.72. The molecule has 0 aliphatic heterocycles. The van der Waals surface area contributed by atoms with E-state index in [1.807, 2.05) is 0 Å². The van der Waals surface area contributed by atoms with E-state index in [4.69, 9.17) is 5.73 Å². The molecule has 3 heteroatoms. The van der Waals surface area contributed by atoms with Gasteiger partial charge in [-0.1, -0.05) is 13.3 Å². The molecular formula is C7H18N2O. The van der Waals surface area contributed by atoms with Crippen molar-refractivity contribution in [3.63, 3.8) is 0 Å². The minimum absolute atomic E-state index is 0.00463. The minimum atomic E-state index is 0.00463. The topological polar surface area (TPSA) is 55.1 Å². The van der Waals surface area contributed by atoms with Crippen LogP contribution >= 0.6 is 0 Å². The van der Waals surface area contributed by atoms with Crippen molar-refractivity contribution in [3.8, 4) is 0 Å². The summed E-state index contributed by atoms with van der Waals surface area (Å²) in [5.74, 6) is 0.00463. The van der Waals surface area contributed by atoms with E-state index in [1.165, 1.54) is 19.8 Å². The van der Waals surface area contributed by atoms with Crippen LogP contribution in [0.4, 0.5) is 0 Å². The fourth-order valence-electron chi connectivity index (χ4n) is 0.204. The monoisotopic (exact) mass is 146 g/mol. The third-order valence-electron chi connectivity index (χ3n) is 0.910. The smallest absolute Gasteiger partial charge is 0.216 e. The SMILES string of the molecule is CCCCN.CNC(C)=O. The van der Waals surface area contributed by atoms with Crippen molar-refractivity contribution in [2.75, 3.05) is 13.6 Å². The van der Waals surface area contributed by atoms with Crippen LogP contribution in [0.2, 0.25) is 0 Å². The third-order valence-corrected chi connectivity index (χ3v) is 0.910. The van der Waals surface area contributed by atoms with Crippen LogP contribution in [0.5, 0.6) is 0 Å². The maximum atomic E-state index is 9.70. The van der Waals surface area contributed by atoms with Gasteiger partial charge in [-0.3, -0.25) is 4.79 Å². The highest BCUT2D eigenvalue weighted by Crippen LogP contribution is 1.77. The van der Waals surface area contributed by atoms with Crippen LogP contribution < -0.4 is 11.1 Å². The summed E-state index contributed by atoms with van der Waals surface area (Å²) in [4.78, 5) is 9.70. The second-order valence-electron chi connectivity index (χ2n) is 1.95. The zero-order valence-corrected chi connectivity index (χ0v) is 7.11. The van der Waals surface area contributed by atoms with Gasteiger partial charge < -0.3 is 11.1 Å². The molecule has 0 aromatic heterocycles. The Balaban J connectivity index is 0. The number of nitrogens with one attached hydrogen (secondary N) is 1. The van der Waals surface area contributed by atoms with Gasteiger partial charge in [0, 0.05) is 14.0 Å². The molecule has 62 valence electrons. The first-order chi connectivity index (χ1) is 4.68. The number of carbonyl (C=O) groups is 1. The van der Waals surface area contributed by atoms with Gasteiger partial charge in [0.1, 0.15) is 0 Å². The van der Waals surface area contributed by atoms with Crippen LogP contribution in [0.3, 0.4) is 0 Å². The lowest BCUT2D eigenvalue weighted by molar-refractivity contribution is -0.118. The molecule has 0 fully saturated rings. The normalized spacial score (nSPS) is 7.60. The highest BCUT2D eigenvalue weighted by atomic mass is 16.1. The Morgan fingerprint density at radius 1 is 1.60 bits per heavy atom. The molecule has 0 heterocycles. The van der Waals surface area contributed by atoms with Gasteiger partial charge in [0.25, 0.3) is 0 Å². The van der Waals surface area contributed by atoms with Crippen molar-refractivity contribution in [1.82, 2.24) is 5.32 Å². The Hall–Kier alpha value is -0.570. The van der Waals surface area contributed by atoms with E-state index >= 15 is 0 Å². The Bertz CT molecular complexity index is 72.0. The number of unbranched alkanes of at least 4 members (excludes halogenated alkanes) is 1. The first-order valence-corrected chi connectivity index (χ1v) is 3.57. The predicted molar refractivity (Wildman–Crippen MR) is 43.7 cm³/mol. The van der Waals surface area contributed by atoms with E-state index < -0.39 is 0 Å². The molecule has 0 saturated heterocycles. The Labute approximate surface area is 63.0 Å². The third kappa shape index (κ3) is 26.1. The number of amides is 1. The van der Waals surface area contributed by atoms with Crippen LogP contribution in [0.15, 0.2) is 0 Å².